The Balaban J connectivity index is 1.96. The summed E-state index contributed by atoms with van der Waals surface area (Å²) >= 11 is 3.60. The van der Waals surface area contributed by atoms with Gasteiger partial charge in [0.2, 0.25) is 0 Å². The Labute approximate surface area is 127 Å². The number of hydrazine groups is 1. The summed E-state index contributed by atoms with van der Waals surface area (Å²) in [6.07, 6.45) is 2.28. The molecule has 3 rings (SSSR count). The van der Waals surface area contributed by atoms with Gasteiger partial charge in [-0.15, -0.1) is 22.7 Å². The Morgan fingerprint density at radius 3 is 2.85 bits per heavy atom. The highest BCUT2D eigenvalue weighted by Crippen LogP contribution is 2.35. The Morgan fingerprint density at radius 1 is 1.20 bits per heavy atom. The monoisotopic (exact) mass is 302 g/mol. The van der Waals surface area contributed by atoms with Crippen LogP contribution in [0.1, 0.15) is 35.4 Å². The van der Waals surface area contributed by atoms with Crippen LogP contribution in [-0.2, 0) is 6.42 Å². The molecule has 3 N–H and O–H groups in total. The normalized spacial score (nSPS) is 12.9. The van der Waals surface area contributed by atoms with E-state index < -0.39 is 0 Å². The molecule has 0 amide bonds. The highest BCUT2D eigenvalue weighted by Gasteiger charge is 2.16. The first kappa shape index (κ1) is 13.8. The number of fused-ring (bicyclic) bond motifs is 1. The van der Waals surface area contributed by atoms with Crippen LogP contribution in [0.2, 0.25) is 0 Å². The quantitative estimate of drug-likeness (QED) is 0.539. The van der Waals surface area contributed by atoms with Crippen LogP contribution in [0.15, 0.2) is 41.8 Å². The van der Waals surface area contributed by atoms with Gasteiger partial charge in [-0.1, -0.05) is 37.6 Å². The summed E-state index contributed by atoms with van der Waals surface area (Å²) < 4.78 is 2.69. The van der Waals surface area contributed by atoms with E-state index in [0.29, 0.717) is 0 Å². The van der Waals surface area contributed by atoms with Crippen molar-refractivity contribution in [3.05, 3.63) is 57.8 Å². The average molecular weight is 302 g/mol. The summed E-state index contributed by atoms with van der Waals surface area (Å²) in [6.45, 7) is 2.21. The van der Waals surface area contributed by atoms with E-state index in [-0.39, 0.29) is 6.04 Å². The fourth-order valence-electron chi connectivity index (χ4n) is 2.49. The van der Waals surface area contributed by atoms with Crippen molar-refractivity contribution in [3.63, 3.8) is 0 Å². The van der Waals surface area contributed by atoms with Crippen LogP contribution in [-0.4, -0.2) is 0 Å². The van der Waals surface area contributed by atoms with Gasteiger partial charge in [-0.05, 0) is 35.1 Å². The summed E-state index contributed by atoms with van der Waals surface area (Å²) in [7, 11) is 0. The second-order valence-corrected chi connectivity index (χ2v) is 6.96. The fraction of sp³-hybridized carbons (Fsp3) is 0.250. The van der Waals surface area contributed by atoms with Gasteiger partial charge in [0, 0.05) is 14.3 Å². The summed E-state index contributed by atoms with van der Waals surface area (Å²) in [4.78, 5) is 1.28. The first-order chi connectivity index (χ1) is 9.81. The third-order valence-electron chi connectivity index (χ3n) is 3.43. The van der Waals surface area contributed by atoms with E-state index >= 15 is 0 Å². The number of nitrogens with two attached hydrogens (primary N) is 1. The van der Waals surface area contributed by atoms with Crippen molar-refractivity contribution in [1.82, 2.24) is 5.43 Å². The van der Waals surface area contributed by atoms with Gasteiger partial charge >= 0.3 is 0 Å². The molecule has 3 aromatic rings. The molecule has 104 valence electrons. The first-order valence-corrected chi connectivity index (χ1v) is 8.53. The van der Waals surface area contributed by atoms with Gasteiger partial charge in [0.1, 0.15) is 0 Å². The van der Waals surface area contributed by atoms with Crippen molar-refractivity contribution in [2.45, 2.75) is 25.8 Å². The van der Waals surface area contributed by atoms with E-state index in [2.05, 4.69) is 54.1 Å². The van der Waals surface area contributed by atoms with Crippen molar-refractivity contribution in [2.75, 3.05) is 0 Å². The maximum Gasteiger partial charge on any atom is 0.0803 e. The zero-order valence-corrected chi connectivity index (χ0v) is 13.1. The predicted molar refractivity (Wildman–Crippen MR) is 89.3 cm³/mol. The van der Waals surface area contributed by atoms with Crippen LogP contribution in [0.25, 0.3) is 9.40 Å². The maximum absolute atomic E-state index is 5.81. The van der Waals surface area contributed by atoms with Crippen molar-refractivity contribution >= 4 is 32.1 Å². The molecule has 2 aromatic heterocycles. The molecule has 0 aliphatic carbocycles. The Hall–Kier alpha value is -1.20. The number of nitrogens with one attached hydrogen (secondary N) is 1. The van der Waals surface area contributed by atoms with Crippen molar-refractivity contribution < 1.29 is 0 Å². The second kappa shape index (κ2) is 6.06. The number of aryl methyl sites for hydroxylation is 1. The second-order valence-electron chi connectivity index (χ2n) is 4.89. The molecule has 0 radical (unpaired) electrons. The molecule has 1 atom stereocenters. The molecule has 2 nitrogen and oxygen atoms in total. The molecule has 0 aliphatic rings. The lowest BCUT2D eigenvalue weighted by Crippen LogP contribution is -2.28. The SMILES string of the molecule is CCCc1cccc(C(NN)c2cc3sccc3s2)c1. The lowest BCUT2D eigenvalue weighted by Gasteiger charge is -2.15. The molecule has 0 fully saturated rings. The standard InChI is InChI=1S/C16H18N2S2/c1-2-4-11-5-3-6-12(9-11)16(18-17)15-10-14-13(20-15)7-8-19-14/h3,5-10,16,18H,2,4,17H2,1H3. The van der Waals surface area contributed by atoms with Crippen molar-refractivity contribution in [3.8, 4) is 0 Å². The first-order valence-electron chi connectivity index (χ1n) is 6.83. The molecule has 4 heteroatoms. The molecule has 0 spiro atoms. The van der Waals surface area contributed by atoms with Crippen LogP contribution < -0.4 is 11.3 Å². The minimum atomic E-state index is 0.0800. The third-order valence-corrected chi connectivity index (χ3v) is 5.59. The van der Waals surface area contributed by atoms with Crippen molar-refractivity contribution in [1.29, 1.82) is 0 Å². The largest absolute Gasteiger partial charge is 0.271 e. The summed E-state index contributed by atoms with van der Waals surface area (Å²) in [5, 5.41) is 2.14. The van der Waals surface area contributed by atoms with Gasteiger partial charge in [-0.25, -0.2) is 5.43 Å². The summed E-state index contributed by atoms with van der Waals surface area (Å²) in [5.41, 5.74) is 5.59. The van der Waals surface area contributed by atoms with Crippen LogP contribution in [0, 0.1) is 0 Å². The smallest absolute Gasteiger partial charge is 0.0803 e. The zero-order valence-electron chi connectivity index (χ0n) is 11.4. The molecule has 20 heavy (non-hydrogen) atoms. The average Bonchev–Trinajstić information content (AvgIpc) is 3.02. The molecule has 0 aliphatic heterocycles. The number of thiophene rings is 2. The lowest BCUT2D eigenvalue weighted by molar-refractivity contribution is 0.646. The van der Waals surface area contributed by atoms with Crippen LogP contribution in [0.5, 0.6) is 0 Å². The molecule has 1 unspecified atom stereocenters. The number of rotatable bonds is 5. The number of hydrogen-bond donors (Lipinski definition) is 2. The Morgan fingerprint density at radius 2 is 2.10 bits per heavy atom. The van der Waals surface area contributed by atoms with Crippen LogP contribution in [0.4, 0.5) is 0 Å². The topological polar surface area (TPSA) is 38.0 Å². The van der Waals surface area contributed by atoms with E-state index in [0.717, 1.165) is 6.42 Å². The molecule has 1 aromatic carbocycles. The Bertz CT molecular complexity index is 671. The van der Waals surface area contributed by atoms with Crippen LogP contribution >= 0.6 is 22.7 Å². The van der Waals surface area contributed by atoms with Gasteiger partial charge < -0.3 is 0 Å². The van der Waals surface area contributed by atoms with Crippen molar-refractivity contribution in [2.24, 2.45) is 5.84 Å². The molecular formula is C16H18N2S2. The molecule has 0 saturated heterocycles. The highest BCUT2D eigenvalue weighted by atomic mass is 32.1. The van der Waals surface area contributed by atoms with Gasteiger partial charge in [0.05, 0.1) is 6.04 Å². The van der Waals surface area contributed by atoms with E-state index in [1.54, 1.807) is 11.3 Å². The molecule has 2 heterocycles. The van der Waals surface area contributed by atoms with Gasteiger partial charge in [0.15, 0.2) is 0 Å². The minimum absolute atomic E-state index is 0.0800. The highest BCUT2D eigenvalue weighted by molar-refractivity contribution is 7.27. The molecule has 0 bridgehead atoms. The lowest BCUT2D eigenvalue weighted by atomic mass is 10.0. The van der Waals surface area contributed by atoms with Gasteiger partial charge in [-0.2, -0.15) is 0 Å². The van der Waals surface area contributed by atoms with E-state index in [4.69, 9.17) is 5.84 Å². The minimum Gasteiger partial charge on any atom is -0.271 e. The van der Waals surface area contributed by atoms with Gasteiger partial charge in [0.25, 0.3) is 0 Å². The third kappa shape index (κ3) is 2.65. The summed E-state index contributed by atoms with van der Waals surface area (Å²) in [6, 6.07) is 13.2. The summed E-state index contributed by atoms with van der Waals surface area (Å²) in [5.74, 6) is 5.81. The molecule has 0 saturated carbocycles. The van der Waals surface area contributed by atoms with Gasteiger partial charge in [-0.3, -0.25) is 5.84 Å². The fourth-order valence-corrected chi connectivity index (χ4v) is 4.69. The molecular weight excluding hydrogens is 284 g/mol. The number of benzene rings is 1. The Kier molecular flexibility index (Phi) is 4.17. The van der Waals surface area contributed by atoms with E-state index in [9.17, 15) is 0 Å². The zero-order chi connectivity index (χ0) is 13.9. The number of hydrogen-bond acceptors (Lipinski definition) is 4. The van der Waals surface area contributed by atoms with Crippen LogP contribution in [0.3, 0.4) is 0 Å². The van der Waals surface area contributed by atoms with E-state index in [1.807, 2.05) is 11.3 Å². The predicted octanol–water partition coefficient (Wildman–Crippen LogP) is 4.47. The maximum atomic E-state index is 5.81. The van der Waals surface area contributed by atoms with E-state index in [1.165, 1.54) is 31.8 Å².